The van der Waals surface area contributed by atoms with E-state index in [1.165, 1.54) is 135 Å². The molecule has 0 N–H and O–H groups in total. The quantitative estimate of drug-likeness (QED) is 0.155. The largest absolute Gasteiger partial charge is 0.309 e. The average molecular weight is 1530 g/mol. The van der Waals surface area contributed by atoms with Crippen molar-refractivity contribution >= 4 is 196 Å². The van der Waals surface area contributed by atoms with E-state index >= 15 is 0 Å². The fraction of sp³-hybridized carbons (Fsp3) is 0. The molecule has 16 aromatic carbocycles. The summed E-state index contributed by atoms with van der Waals surface area (Å²) in [6, 6.07) is 134. The van der Waals surface area contributed by atoms with E-state index in [0.29, 0.717) is 0 Å². The van der Waals surface area contributed by atoms with Crippen molar-refractivity contribution in [1.82, 2.24) is 52.3 Å². The zero-order valence-electron chi connectivity index (χ0n) is 64.6. The first kappa shape index (κ1) is 67.0. The summed E-state index contributed by atoms with van der Waals surface area (Å²) in [5, 5.41) is 25.6. The Morgan fingerprint density at radius 3 is 0.683 bits per heavy atom. The fourth-order valence-corrected chi connectivity index (χ4v) is 19.8. The Morgan fingerprint density at radius 1 is 0.142 bits per heavy atom. The highest BCUT2D eigenvalue weighted by Crippen LogP contribution is 2.47. The van der Waals surface area contributed by atoms with E-state index in [9.17, 15) is 0 Å². The lowest BCUT2D eigenvalue weighted by atomic mass is 10.00. The Morgan fingerprint density at radius 2 is 0.358 bits per heavy atom. The van der Waals surface area contributed by atoms with Gasteiger partial charge in [0.25, 0.3) is 0 Å². The van der Waals surface area contributed by atoms with Gasteiger partial charge in [-0.15, -0.1) is 0 Å². The van der Waals surface area contributed by atoms with Gasteiger partial charge in [-0.05, 0) is 156 Å². The van der Waals surface area contributed by atoms with E-state index in [4.69, 9.17) is 24.9 Å². The standard InChI is InChI=1S/C37H23N3.2C36H22N4/c1-2-13-29-28(12-1)35-30-14-5-8-18-34(30)40(37(35)31-15-9-23-38-36(29)31)25-21-19-24(20-22-25)39-32-16-6-3-10-26(32)27-11-4-7-17-33(27)39;1-2-13-27-26(12-1)34-28-14-5-8-18-32(28)39(36(34)29-15-9-21-37-35(27)29)23-19-20-33(38-22-23)40-30-16-6-3-10-24(30)25-11-4-7-17-31(25)40;1-2-13-27-26(12-1)34-28-14-5-8-18-32(28)40(36(34)29-15-9-21-37-35(27)29)33-20-19-23(22-38-33)39-30-16-6-3-10-24(30)25-11-4-7-17-31(25)39/h1-23H;2*1-22H. The highest BCUT2D eigenvalue weighted by Gasteiger charge is 2.25. The van der Waals surface area contributed by atoms with Crippen LogP contribution in [-0.4, -0.2) is 52.3 Å². The van der Waals surface area contributed by atoms with E-state index in [0.717, 1.165) is 94.8 Å². The van der Waals surface area contributed by atoms with Crippen LogP contribution >= 0.6 is 0 Å². The molecule has 0 saturated carbocycles. The van der Waals surface area contributed by atoms with Crippen LogP contribution in [0, 0.1) is 0 Å². The van der Waals surface area contributed by atoms with Crippen molar-refractivity contribution in [2.75, 3.05) is 0 Å². The van der Waals surface area contributed by atoms with Gasteiger partial charge in [0.05, 0.1) is 107 Å². The van der Waals surface area contributed by atoms with Crippen molar-refractivity contribution in [1.29, 1.82) is 0 Å². The van der Waals surface area contributed by atoms with E-state index in [2.05, 4.69) is 385 Å². The van der Waals surface area contributed by atoms with Crippen LogP contribution in [0.4, 0.5) is 0 Å². The molecule has 0 aliphatic rings. The molecule has 558 valence electrons. The predicted molar refractivity (Wildman–Crippen MR) is 499 cm³/mol. The summed E-state index contributed by atoms with van der Waals surface area (Å²) < 4.78 is 14.0. The number of hydrogen-bond acceptors (Lipinski definition) is 5. The van der Waals surface area contributed by atoms with Gasteiger partial charge in [0.2, 0.25) is 0 Å². The van der Waals surface area contributed by atoms with E-state index in [1.807, 2.05) is 49.2 Å². The zero-order chi connectivity index (χ0) is 78.6. The Balaban J connectivity index is 0.0000000997. The van der Waals surface area contributed by atoms with Gasteiger partial charge in [-0.2, -0.15) is 0 Å². The van der Waals surface area contributed by atoms with E-state index in [-0.39, 0.29) is 0 Å². The molecule has 0 atom stereocenters. The van der Waals surface area contributed by atoms with Crippen LogP contribution < -0.4 is 0 Å². The molecule has 120 heavy (non-hydrogen) atoms. The van der Waals surface area contributed by atoms with Crippen molar-refractivity contribution in [3.05, 3.63) is 407 Å². The van der Waals surface area contributed by atoms with Crippen molar-refractivity contribution in [3.8, 4) is 34.4 Å². The van der Waals surface area contributed by atoms with Gasteiger partial charge in [0.1, 0.15) is 11.6 Å². The molecule has 0 radical (unpaired) electrons. The highest BCUT2D eigenvalue weighted by molar-refractivity contribution is 6.34. The minimum atomic E-state index is 0.885. The third-order valence-corrected chi connectivity index (χ3v) is 24.7. The average Bonchev–Trinajstić information content (AvgIpc) is 1.57. The molecule has 0 bridgehead atoms. The Kier molecular flexibility index (Phi) is 14.9. The molecule has 11 nitrogen and oxygen atoms in total. The van der Waals surface area contributed by atoms with Crippen LogP contribution in [0.3, 0.4) is 0 Å². The smallest absolute Gasteiger partial charge is 0.137 e. The molecule has 11 heteroatoms. The maximum Gasteiger partial charge on any atom is 0.137 e. The van der Waals surface area contributed by atoms with Crippen molar-refractivity contribution in [2.24, 2.45) is 0 Å². The summed E-state index contributed by atoms with van der Waals surface area (Å²) in [4.78, 5) is 24.7. The maximum absolute atomic E-state index is 5.10. The fourth-order valence-electron chi connectivity index (χ4n) is 19.8. The Labute approximate surface area is 685 Å². The summed E-state index contributed by atoms with van der Waals surface area (Å²) in [5.74, 6) is 1.79. The lowest BCUT2D eigenvalue weighted by Gasteiger charge is -2.13. The third kappa shape index (κ3) is 9.89. The molecular formula is C109H67N11. The molecule has 0 fully saturated rings. The molecule has 0 amide bonds. The Bertz CT molecular complexity index is 7940. The van der Waals surface area contributed by atoms with Gasteiger partial charge in [0.15, 0.2) is 0 Å². The SMILES string of the molecule is c1ccc2c(c1)c1ncccc1c1c2c2ccccc2n1-c1ccc(-n2c3ccccc3c3ccccc32)cc1.c1ccc2c(c1)c1ncccc1c1c2c2ccccc2n1-c1ccc(-n2c3ccccc3c3ccccc32)cn1.c1ccc2c(c1)c1ncccc1c1c2c2ccccc2n1-c1ccc(-n2c3ccccc3c3ccccc32)nc1. The summed E-state index contributed by atoms with van der Waals surface area (Å²) in [7, 11) is 0. The molecule has 0 spiro atoms. The summed E-state index contributed by atoms with van der Waals surface area (Å²) >= 11 is 0. The molecule has 27 aromatic rings. The minimum absolute atomic E-state index is 0.885. The van der Waals surface area contributed by atoms with Crippen LogP contribution in [0.2, 0.25) is 0 Å². The number of aromatic nitrogens is 11. The number of nitrogens with zero attached hydrogens (tertiary/aromatic N) is 11. The van der Waals surface area contributed by atoms with Gasteiger partial charge >= 0.3 is 0 Å². The van der Waals surface area contributed by atoms with Gasteiger partial charge in [-0.1, -0.05) is 237 Å². The number of fused-ring (bicyclic) bond motifs is 33. The minimum Gasteiger partial charge on any atom is -0.309 e. The first-order valence-corrected chi connectivity index (χ1v) is 40.7. The van der Waals surface area contributed by atoms with Gasteiger partial charge in [-0.25, -0.2) is 9.97 Å². The van der Waals surface area contributed by atoms with Crippen LogP contribution in [-0.2, 0) is 0 Å². The molecule has 11 aromatic heterocycles. The molecule has 0 aliphatic heterocycles. The summed E-state index contributed by atoms with van der Waals surface area (Å²) in [6.45, 7) is 0. The first-order valence-electron chi connectivity index (χ1n) is 40.7. The number of hydrogen-bond donors (Lipinski definition) is 0. The second-order valence-electron chi connectivity index (χ2n) is 30.9. The van der Waals surface area contributed by atoms with Crippen molar-refractivity contribution < 1.29 is 0 Å². The molecule has 0 saturated heterocycles. The van der Waals surface area contributed by atoms with Crippen LogP contribution in [0.1, 0.15) is 0 Å². The number of para-hydroxylation sites is 9. The highest BCUT2D eigenvalue weighted by atomic mass is 15.1. The lowest BCUT2D eigenvalue weighted by Crippen LogP contribution is -2.00. The Hall–Kier alpha value is -16.4. The second kappa shape index (κ2) is 26.6. The summed E-state index contributed by atoms with van der Waals surface area (Å²) in [6.07, 6.45) is 9.66. The molecular weight excluding hydrogens is 1460 g/mol. The van der Waals surface area contributed by atoms with Gasteiger partial charge in [-0.3, -0.25) is 24.1 Å². The van der Waals surface area contributed by atoms with Gasteiger partial charge < -0.3 is 18.3 Å². The van der Waals surface area contributed by atoms with Gasteiger partial charge in [0, 0.05) is 127 Å². The number of rotatable bonds is 6. The van der Waals surface area contributed by atoms with Crippen molar-refractivity contribution in [3.63, 3.8) is 0 Å². The topological polar surface area (TPSA) is 94.0 Å². The molecule has 27 rings (SSSR count). The normalized spacial score (nSPS) is 12.0. The molecule has 0 aliphatic carbocycles. The molecule has 0 unspecified atom stereocenters. The van der Waals surface area contributed by atoms with Crippen LogP contribution in [0.5, 0.6) is 0 Å². The van der Waals surface area contributed by atoms with E-state index < -0.39 is 0 Å². The third-order valence-electron chi connectivity index (χ3n) is 24.7. The monoisotopic (exact) mass is 1530 g/mol. The summed E-state index contributed by atoms with van der Waals surface area (Å²) in [5.41, 5.74) is 21.5. The maximum atomic E-state index is 5.10. The van der Waals surface area contributed by atoms with E-state index in [1.54, 1.807) is 0 Å². The second-order valence-corrected chi connectivity index (χ2v) is 30.9. The lowest BCUT2D eigenvalue weighted by molar-refractivity contribution is 1.05. The number of pyridine rings is 5. The van der Waals surface area contributed by atoms with Crippen LogP contribution in [0.15, 0.2) is 407 Å². The van der Waals surface area contributed by atoms with Crippen LogP contribution in [0.25, 0.3) is 230 Å². The predicted octanol–water partition coefficient (Wildman–Crippen LogP) is 27.5. The first-order chi connectivity index (χ1) is 59.6. The molecule has 11 heterocycles. The number of benzene rings is 16. The zero-order valence-corrected chi connectivity index (χ0v) is 64.6. The van der Waals surface area contributed by atoms with Crippen molar-refractivity contribution in [2.45, 2.75) is 0 Å².